The fourth-order valence-electron chi connectivity index (χ4n) is 3.29. The summed E-state index contributed by atoms with van der Waals surface area (Å²) in [6.45, 7) is 6.08. The summed E-state index contributed by atoms with van der Waals surface area (Å²) in [5.41, 5.74) is 4.20. The lowest BCUT2D eigenvalue weighted by Crippen LogP contribution is -2.25. The van der Waals surface area contributed by atoms with Gasteiger partial charge in [-0.3, -0.25) is 0 Å². The van der Waals surface area contributed by atoms with E-state index in [-0.39, 0.29) is 12.4 Å². The van der Waals surface area contributed by atoms with Crippen molar-refractivity contribution in [2.75, 3.05) is 0 Å². The summed E-state index contributed by atoms with van der Waals surface area (Å²) in [7, 11) is -3.61. The first-order valence-electron chi connectivity index (χ1n) is 9.28. The third-order valence-corrected chi connectivity index (χ3v) is 6.29. The highest BCUT2D eigenvalue weighted by Gasteiger charge is 2.19. The van der Waals surface area contributed by atoms with Crippen molar-refractivity contribution in [3.05, 3.63) is 94.3 Å². The lowest BCUT2D eigenvalue weighted by molar-refractivity contribution is 0.306. The molecule has 1 N–H and O–H groups in total. The zero-order valence-electron chi connectivity index (χ0n) is 16.7. The molecule has 4 nitrogen and oxygen atoms in total. The van der Waals surface area contributed by atoms with Crippen LogP contribution in [0.4, 0.5) is 4.39 Å². The van der Waals surface area contributed by atoms with Crippen molar-refractivity contribution in [1.82, 2.24) is 4.72 Å². The molecule has 3 aromatic carbocycles. The molecule has 0 bridgehead atoms. The Morgan fingerprint density at radius 2 is 1.41 bits per heavy atom. The number of rotatable bonds is 7. The summed E-state index contributed by atoms with van der Waals surface area (Å²) < 4.78 is 46.8. The Balaban J connectivity index is 1.62. The molecule has 0 fully saturated rings. The smallest absolute Gasteiger partial charge is 0.241 e. The Morgan fingerprint density at radius 1 is 0.862 bits per heavy atom. The van der Waals surface area contributed by atoms with Gasteiger partial charge in [0.25, 0.3) is 0 Å². The Bertz CT molecular complexity index is 1070. The molecule has 6 heteroatoms. The number of sulfonamides is 1. The van der Waals surface area contributed by atoms with Gasteiger partial charge in [-0.25, -0.2) is 17.5 Å². The summed E-state index contributed by atoms with van der Waals surface area (Å²) in [4.78, 5) is 0.336. The van der Waals surface area contributed by atoms with Gasteiger partial charge in [-0.15, -0.1) is 0 Å². The van der Waals surface area contributed by atoms with Gasteiger partial charge < -0.3 is 4.74 Å². The highest BCUT2D eigenvalue weighted by Crippen LogP contribution is 2.22. The van der Waals surface area contributed by atoms with Crippen molar-refractivity contribution < 1.29 is 17.5 Å². The largest absolute Gasteiger partial charge is 0.489 e. The molecule has 0 aliphatic heterocycles. The van der Waals surface area contributed by atoms with Gasteiger partial charge in [0.15, 0.2) is 0 Å². The van der Waals surface area contributed by atoms with E-state index in [1.165, 1.54) is 12.1 Å². The SMILES string of the molecule is Cc1cc(C)c(S(=O)(=O)NCc2ccc(OCc3ccc(F)cc3)cc2)c(C)c1. The number of hydrogen-bond donors (Lipinski definition) is 1. The van der Waals surface area contributed by atoms with Crippen LogP contribution in [0.2, 0.25) is 0 Å². The molecule has 0 unspecified atom stereocenters. The van der Waals surface area contributed by atoms with Crippen LogP contribution < -0.4 is 9.46 Å². The molecule has 0 heterocycles. The topological polar surface area (TPSA) is 55.4 Å². The van der Waals surface area contributed by atoms with E-state index in [4.69, 9.17) is 4.74 Å². The minimum absolute atomic E-state index is 0.188. The lowest BCUT2D eigenvalue weighted by Gasteiger charge is -2.13. The summed E-state index contributed by atoms with van der Waals surface area (Å²) in [5.74, 6) is 0.378. The van der Waals surface area contributed by atoms with Crippen LogP contribution in [0, 0.1) is 26.6 Å². The Kier molecular flexibility index (Phi) is 6.35. The van der Waals surface area contributed by atoms with Crippen molar-refractivity contribution in [1.29, 1.82) is 0 Å². The molecule has 0 amide bonds. The van der Waals surface area contributed by atoms with Crippen LogP contribution in [-0.4, -0.2) is 8.42 Å². The van der Waals surface area contributed by atoms with E-state index >= 15 is 0 Å². The second-order valence-corrected chi connectivity index (χ2v) is 8.82. The highest BCUT2D eigenvalue weighted by molar-refractivity contribution is 7.89. The van der Waals surface area contributed by atoms with Gasteiger partial charge in [0.05, 0.1) is 4.90 Å². The number of aryl methyl sites for hydroxylation is 3. The van der Waals surface area contributed by atoms with E-state index in [1.54, 1.807) is 24.3 Å². The van der Waals surface area contributed by atoms with Crippen LogP contribution in [-0.2, 0) is 23.2 Å². The summed E-state index contributed by atoms with van der Waals surface area (Å²) >= 11 is 0. The van der Waals surface area contributed by atoms with Crippen molar-refractivity contribution in [3.8, 4) is 5.75 Å². The van der Waals surface area contributed by atoms with E-state index in [2.05, 4.69) is 4.72 Å². The third-order valence-electron chi connectivity index (χ3n) is 4.58. The van der Waals surface area contributed by atoms with E-state index in [9.17, 15) is 12.8 Å². The van der Waals surface area contributed by atoms with Crippen LogP contribution in [0.3, 0.4) is 0 Å². The number of hydrogen-bond acceptors (Lipinski definition) is 3. The quantitative estimate of drug-likeness (QED) is 0.605. The summed E-state index contributed by atoms with van der Waals surface area (Å²) in [6, 6.07) is 17.1. The van der Waals surface area contributed by atoms with E-state index in [0.717, 1.165) is 27.8 Å². The van der Waals surface area contributed by atoms with Gasteiger partial charge in [-0.05, 0) is 67.3 Å². The Labute approximate surface area is 171 Å². The average Bonchev–Trinajstić information content (AvgIpc) is 2.66. The van der Waals surface area contributed by atoms with Crippen molar-refractivity contribution in [3.63, 3.8) is 0 Å². The Morgan fingerprint density at radius 3 is 2.00 bits per heavy atom. The normalized spacial score (nSPS) is 11.4. The lowest BCUT2D eigenvalue weighted by atomic mass is 10.1. The van der Waals surface area contributed by atoms with Crippen LogP contribution in [0.1, 0.15) is 27.8 Å². The molecule has 0 atom stereocenters. The molecule has 3 rings (SSSR count). The summed E-state index contributed by atoms with van der Waals surface area (Å²) in [5, 5.41) is 0. The molecular formula is C23H24FNO3S. The first kappa shape index (κ1) is 21.0. The highest BCUT2D eigenvalue weighted by atomic mass is 32.2. The predicted molar refractivity (Wildman–Crippen MR) is 112 cm³/mol. The molecular weight excluding hydrogens is 389 g/mol. The monoisotopic (exact) mass is 413 g/mol. The third kappa shape index (κ3) is 5.43. The maximum absolute atomic E-state index is 12.9. The number of ether oxygens (including phenoxy) is 1. The maximum atomic E-state index is 12.9. The molecule has 0 aliphatic rings. The van der Waals surface area contributed by atoms with E-state index < -0.39 is 10.0 Å². The molecule has 0 spiro atoms. The molecule has 0 aromatic heterocycles. The molecule has 3 aromatic rings. The number of halogens is 1. The zero-order valence-corrected chi connectivity index (χ0v) is 17.5. The average molecular weight is 414 g/mol. The fraction of sp³-hybridized carbons (Fsp3) is 0.217. The molecule has 152 valence electrons. The van der Waals surface area contributed by atoms with Crippen molar-refractivity contribution in [2.24, 2.45) is 0 Å². The van der Waals surface area contributed by atoms with Crippen LogP contribution in [0.25, 0.3) is 0 Å². The molecule has 0 saturated carbocycles. The maximum Gasteiger partial charge on any atom is 0.241 e. The molecule has 29 heavy (non-hydrogen) atoms. The second kappa shape index (κ2) is 8.76. The minimum atomic E-state index is -3.61. The molecule has 0 radical (unpaired) electrons. The molecule has 0 aliphatic carbocycles. The van der Waals surface area contributed by atoms with Crippen LogP contribution in [0.15, 0.2) is 65.6 Å². The first-order chi connectivity index (χ1) is 13.7. The van der Waals surface area contributed by atoms with Gasteiger partial charge in [0, 0.05) is 6.54 Å². The van der Waals surface area contributed by atoms with E-state index in [0.29, 0.717) is 17.3 Å². The number of nitrogens with one attached hydrogen (secondary N) is 1. The van der Waals surface area contributed by atoms with E-state index in [1.807, 2.05) is 45.0 Å². The van der Waals surface area contributed by atoms with Crippen molar-refractivity contribution >= 4 is 10.0 Å². The van der Waals surface area contributed by atoms with Crippen LogP contribution in [0.5, 0.6) is 5.75 Å². The van der Waals surface area contributed by atoms with Gasteiger partial charge in [0.2, 0.25) is 10.0 Å². The minimum Gasteiger partial charge on any atom is -0.489 e. The standard InChI is InChI=1S/C23H24FNO3S/c1-16-12-17(2)23(18(3)13-16)29(26,27)25-14-19-6-10-22(11-7-19)28-15-20-4-8-21(24)9-5-20/h4-13,25H,14-15H2,1-3H3. The fourth-order valence-corrected chi connectivity index (χ4v) is 4.76. The number of benzene rings is 3. The van der Waals surface area contributed by atoms with Gasteiger partial charge in [-0.1, -0.05) is 42.0 Å². The van der Waals surface area contributed by atoms with Gasteiger partial charge >= 0.3 is 0 Å². The molecule has 0 saturated heterocycles. The van der Waals surface area contributed by atoms with Gasteiger partial charge in [-0.2, -0.15) is 0 Å². The predicted octanol–water partition coefficient (Wildman–Crippen LogP) is 4.81. The zero-order chi connectivity index (χ0) is 21.0. The first-order valence-corrected chi connectivity index (χ1v) is 10.8. The van der Waals surface area contributed by atoms with Crippen LogP contribution >= 0.6 is 0 Å². The summed E-state index contributed by atoms with van der Waals surface area (Å²) in [6.07, 6.45) is 0. The Hall–Kier alpha value is -2.70. The van der Waals surface area contributed by atoms with Crippen molar-refractivity contribution in [2.45, 2.75) is 38.8 Å². The van der Waals surface area contributed by atoms with Gasteiger partial charge in [0.1, 0.15) is 18.2 Å². The second-order valence-electron chi connectivity index (χ2n) is 7.11.